The van der Waals surface area contributed by atoms with Gasteiger partial charge in [-0.15, -0.1) is 5.60 Å². The van der Waals surface area contributed by atoms with Crippen LogP contribution in [-0.4, -0.2) is 68.7 Å². The van der Waals surface area contributed by atoms with Crippen LogP contribution in [0.25, 0.3) is 0 Å². The molecule has 63 heavy (non-hydrogen) atoms. The molecule has 0 aliphatic heterocycles. The molecule has 0 aromatic heterocycles. The van der Waals surface area contributed by atoms with Crippen molar-refractivity contribution >= 4 is 29.5 Å². The van der Waals surface area contributed by atoms with Crippen LogP contribution >= 0.6 is 0 Å². The molecule has 19 heteroatoms. The van der Waals surface area contributed by atoms with Gasteiger partial charge in [-0.1, -0.05) is 96.2 Å². The standard InChI is InChI=1S/2C8H14O3.4C6H12O2.C4H9O.4Li/c2*1-6(9)5-7(10)11-8(2,3)4;4*1-5(7)8-6(2,3)4;1-4(2,3)5;;;;/h5H2,1-4H3;5,10H,1-4H3;2*1-4H3;2*7H,1H2,2-4H3;1-3H3;;;;/q;;;;;;-1;4*+1/p-3/b;7-5+;;;;;;;;;. The van der Waals surface area contributed by atoms with Gasteiger partial charge in [-0.05, 0) is 76.2 Å². The molecule has 0 saturated carbocycles. The zero-order valence-corrected chi connectivity index (χ0v) is 45.3. The summed E-state index contributed by atoms with van der Waals surface area (Å²) in [6.45, 7) is 48.9. The van der Waals surface area contributed by atoms with Crippen molar-refractivity contribution < 1.29 is 148 Å². The third-order valence-electron chi connectivity index (χ3n) is 3.28. The van der Waals surface area contributed by atoms with Crippen LogP contribution in [0.2, 0.25) is 0 Å². The minimum absolute atomic E-state index is 0. The van der Waals surface area contributed by atoms with Gasteiger partial charge in [0, 0.05) is 48.6 Å². The van der Waals surface area contributed by atoms with Crippen LogP contribution in [0.1, 0.15) is 180 Å². The number of carbonyl (C=O) groups excluding carboxylic acids is 5. The number of ether oxygens (including phenoxy) is 6. The fourth-order valence-corrected chi connectivity index (χ4v) is 2.62. The van der Waals surface area contributed by atoms with Crippen LogP contribution < -0.4 is 95.9 Å². The van der Waals surface area contributed by atoms with Crippen LogP contribution in [0, 0.1) is 0 Å². The van der Waals surface area contributed by atoms with Crippen molar-refractivity contribution in [1.29, 1.82) is 0 Å². The Kier molecular flexibility index (Phi) is 56.4. The first-order valence-corrected chi connectivity index (χ1v) is 18.8. The number of hydrogen-bond acceptors (Lipinski definition) is 15. The molecule has 0 fully saturated rings. The molecule has 0 heterocycles. The first-order chi connectivity index (χ1) is 25.3. The summed E-state index contributed by atoms with van der Waals surface area (Å²) >= 11 is 0. The molecule has 0 aromatic rings. The second-order valence-electron chi connectivity index (χ2n) is 19.5. The van der Waals surface area contributed by atoms with E-state index < -0.39 is 51.8 Å². The molecule has 0 radical (unpaired) electrons. The van der Waals surface area contributed by atoms with Crippen LogP contribution in [0.3, 0.4) is 0 Å². The maximum absolute atomic E-state index is 10.8. The van der Waals surface area contributed by atoms with E-state index in [9.17, 15) is 44.4 Å². The summed E-state index contributed by atoms with van der Waals surface area (Å²) in [5.74, 6) is -2.89. The summed E-state index contributed by atoms with van der Waals surface area (Å²) in [4.78, 5) is 52.1. The van der Waals surface area contributed by atoms with Gasteiger partial charge >= 0.3 is 93.4 Å². The molecule has 0 aliphatic carbocycles. The molecule has 0 amide bonds. The predicted octanol–water partition coefficient (Wildman–Crippen LogP) is -5.98. The molecular weight excluding hydrogens is 796 g/mol. The van der Waals surface area contributed by atoms with Crippen molar-refractivity contribution in [2.75, 3.05) is 0 Å². The first-order valence-electron chi connectivity index (χ1n) is 18.8. The fourth-order valence-electron chi connectivity index (χ4n) is 2.62. The van der Waals surface area contributed by atoms with E-state index in [1.54, 1.807) is 104 Å². The van der Waals surface area contributed by atoms with Crippen LogP contribution in [0.4, 0.5) is 0 Å². The van der Waals surface area contributed by atoms with E-state index in [1.165, 1.54) is 27.7 Å². The molecule has 0 saturated heterocycles. The smallest absolute Gasteiger partial charge is 0.850 e. The van der Waals surface area contributed by atoms with E-state index >= 15 is 0 Å². The molecule has 0 spiro atoms. The monoisotopic (exact) mass is 879 g/mol. The topological polar surface area (TPSA) is 233 Å². The van der Waals surface area contributed by atoms with Crippen LogP contribution in [0.15, 0.2) is 37.1 Å². The molecule has 0 unspecified atom stereocenters. The van der Waals surface area contributed by atoms with E-state index in [4.69, 9.17) is 18.9 Å². The normalized spacial score (nSPS) is 10.7. The molecule has 0 atom stereocenters. The summed E-state index contributed by atoms with van der Waals surface area (Å²) in [5, 5.41) is 41.1. The number of Topliss-reactive ketones (excluding diaryl/α,β-unsaturated/α-hetero) is 1. The molecular formula is C44H82Li4O15. The first kappa shape index (κ1) is 87.9. The second kappa shape index (κ2) is 40.4. The Hall–Kier alpha value is -1.88. The summed E-state index contributed by atoms with van der Waals surface area (Å²) in [6.07, 6.45) is 0.808. The van der Waals surface area contributed by atoms with Gasteiger partial charge in [0.05, 0.1) is 5.95 Å². The molecule has 0 bridgehead atoms. The summed E-state index contributed by atoms with van der Waals surface area (Å²) < 4.78 is 28.7. The predicted molar refractivity (Wildman–Crippen MR) is 223 cm³/mol. The number of rotatable bonds is 6. The molecule has 15 nitrogen and oxygen atoms in total. The number of esters is 3. The van der Waals surface area contributed by atoms with Gasteiger partial charge in [0.2, 0.25) is 0 Å². The Morgan fingerprint density at radius 1 is 0.429 bits per heavy atom. The zero-order chi connectivity index (χ0) is 49.8. The van der Waals surface area contributed by atoms with Gasteiger partial charge in [-0.25, -0.2) is 0 Å². The average molecular weight is 879 g/mol. The second-order valence-corrected chi connectivity index (χ2v) is 19.5. The number of carbonyl (C=O) groups is 5. The fraction of sp³-hybridized carbons (Fsp3) is 0.750. The third kappa shape index (κ3) is 156. The van der Waals surface area contributed by atoms with Crippen molar-refractivity contribution in [2.24, 2.45) is 0 Å². The maximum Gasteiger partial charge on any atom is 1.00 e. The van der Waals surface area contributed by atoms with Gasteiger partial charge in [0.1, 0.15) is 29.0 Å². The van der Waals surface area contributed by atoms with Crippen molar-refractivity contribution in [2.45, 2.75) is 219 Å². The van der Waals surface area contributed by atoms with Crippen molar-refractivity contribution in [3.63, 3.8) is 0 Å². The summed E-state index contributed by atoms with van der Waals surface area (Å²) in [6, 6.07) is 0. The van der Waals surface area contributed by atoms with Gasteiger partial charge < -0.3 is 48.8 Å². The van der Waals surface area contributed by atoms with Crippen molar-refractivity contribution in [3.8, 4) is 0 Å². The summed E-state index contributed by atoms with van der Waals surface area (Å²) in [7, 11) is 0. The maximum atomic E-state index is 10.8. The third-order valence-corrected chi connectivity index (χ3v) is 3.28. The van der Waals surface area contributed by atoms with E-state index in [-0.39, 0.29) is 117 Å². The largest absolute Gasteiger partial charge is 1.00 e. The van der Waals surface area contributed by atoms with E-state index in [0.717, 1.165) is 6.08 Å². The Labute approximate surface area is 430 Å². The number of hydrogen-bond donors (Lipinski definition) is 0. The van der Waals surface area contributed by atoms with Crippen LogP contribution in [-0.2, 0) is 52.4 Å². The SMILES string of the molecule is C=C([O-])OC(C)(C)C.C=C([O-])OC(C)(C)C.CC(=O)/C=C(\[O-])OC(C)(C)C.CC(=O)CC(=O)OC(C)(C)C.CC(=O)OC(C)(C)C.CC(=O)OC(C)(C)C.CC(C)(C)[O-].[Li+].[Li+].[Li+].[Li+]. The quantitative estimate of drug-likeness (QED) is 0.0604. The van der Waals surface area contributed by atoms with E-state index in [1.807, 2.05) is 41.5 Å². The Morgan fingerprint density at radius 3 is 0.730 bits per heavy atom. The molecule has 0 N–H and O–H groups in total. The molecule has 0 rings (SSSR count). The van der Waals surface area contributed by atoms with Gasteiger partial charge in [-0.2, -0.15) is 0 Å². The van der Waals surface area contributed by atoms with E-state index in [0.29, 0.717) is 0 Å². The van der Waals surface area contributed by atoms with Crippen molar-refractivity contribution in [3.05, 3.63) is 37.1 Å². The van der Waals surface area contributed by atoms with Gasteiger partial charge in [0.25, 0.3) is 0 Å². The van der Waals surface area contributed by atoms with Crippen molar-refractivity contribution in [1.82, 2.24) is 0 Å². The minimum atomic E-state index is -0.750. The Bertz CT molecular complexity index is 1170. The summed E-state index contributed by atoms with van der Waals surface area (Å²) in [5.41, 5.74) is -3.20. The molecule has 0 aliphatic rings. The Balaban J connectivity index is -0.0000000556. The van der Waals surface area contributed by atoms with E-state index in [2.05, 4.69) is 22.6 Å². The Morgan fingerprint density at radius 2 is 0.635 bits per heavy atom. The van der Waals surface area contributed by atoms with Gasteiger partial charge in [0.15, 0.2) is 5.78 Å². The number of ketones is 2. The molecule has 352 valence electrons. The average Bonchev–Trinajstić information content (AvgIpc) is 2.74. The van der Waals surface area contributed by atoms with Gasteiger partial charge in [-0.3, -0.25) is 24.0 Å². The minimum Gasteiger partial charge on any atom is -0.850 e. The zero-order valence-electron chi connectivity index (χ0n) is 45.3. The molecule has 0 aromatic carbocycles. The number of allylic oxidation sites excluding steroid dienone is 1. The van der Waals surface area contributed by atoms with Crippen LogP contribution in [0.5, 0.6) is 0 Å².